The topological polar surface area (TPSA) is 42.2 Å². The Morgan fingerprint density at radius 2 is 2.14 bits per heavy atom. The first-order chi connectivity index (χ1) is 6.88. The third kappa shape index (κ3) is 1.97. The van der Waals surface area contributed by atoms with Gasteiger partial charge in [0.25, 0.3) is 0 Å². The summed E-state index contributed by atoms with van der Waals surface area (Å²) in [5, 5.41) is 3.13. The summed E-state index contributed by atoms with van der Waals surface area (Å²) in [6.45, 7) is 2.02. The van der Waals surface area contributed by atoms with Crippen molar-refractivity contribution in [1.29, 1.82) is 0 Å². The molecule has 0 aliphatic carbocycles. The highest BCUT2D eigenvalue weighted by molar-refractivity contribution is 5.72. The van der Waals surface area contributed by atoms with E-state index in [1.165, 1.54) is 0 Å². The van der Waals surface area contributed by atoms with E-state index in [4.69, 9.17) is 4.74 Å². The summed E-state index contributed by atoms with van der Waals surface area (Å²) in [6, 6.07) is 5.53. The molecule has 74 valence electrons. The van der Waals surface area contributed by atoms with Crippen LogP contribution in [0, 0.1) is 0 Å². The molecule has 2 heterocycles. The van der Waals surface area contributed by atoms with Crippen molar-refractivity contribution in [3.8, 4) is 0 Å². The minimum Gasteiger partial charge on any atom is -0.361 e. The van der Waals surface area contributed by atoms with Gasteiger partial charge in [0, 0.05) is 25.2 Å². The Balaban J connectivity index is 2.07. The van der Waals surface area contributed by atoms with E-state index in [0.29, 0.717) is 13.2 Å². The normalized spacial score (nSPS) is 21.9. The van der Waals surface area contributed by atoms with Crippen LogP contribution in [0.5, 0.6) is 0 Å². The summed E-state index contributed by atoms with van der Waals surface area (Å²) in [5.41, 5.74) is 0. The van der Waals surface area contributed by atoms with Gasteiger partial charge in [0.15, 0.2) is 18.5 Å². The van der Waals surface area contributed by atoms with Crippen LogP contribution < -0.4 is 9.88 Å². The number of carbonyl (C=O) groups excluding carboxylic acids is 1. The number of nitrogens with zero attached hydrogens (tertiary/aromatic N) is 1. The second kappa shape index (κ2) is 4.30. The molecule has 0 saturated carbocycles. The minimum atomic E-state index is -0.351. The van der Waals surface area contributed by atoms with E-state index in [1.54, 1.807) is 17.0 Å². The molecule has 0 aromatic carbocycles. The molecule has 1 fully saturated rings. The Bertz CT molecular complexity index is 307. The molecule has 1 aliphatic rings. The zero-order valence-electron chi connectivity index (χ0n) is 7.85. The number of ether oxygens (including phenoxy) is 1. The number of morpholine rings is 1. The smallest absolute Gasteiger partial charge is 0.361 e. The van der Waals surface area contributed by atoms with Gasteiger partial charge in [0.1, 0.15) is 0 Å². The molecule has 14 heavy (non-hydrogen) atoms. The number of hydrogen-bond acceptors (Lipinski definition) is 3. The standard InChI is InChI=1S/C10H13N2O2/c13-10(9-8-11-4-7-14-9)12-5-2-1-3-6-12/h1-3,5-6,9,11H,4,7-8H2/q+1/t9-/m1/s1. The Kier molecular flexibility index (Phi) is 2.86. The highest BCUT2D eigenvalue weighted by atomic mass is 16.5. The zero-order valence-corrected chi connectivity index (χ0v) is 7.85. The molecule has 1 aromatic heterocycles. The number of rotatable bonds is 1. The van der Waals surface area contributed by atoms with Crippen molar-refractivity contribution in [2.75, 3.05) is 19.7 Å². The van der Waals surface area contributed by atoms with E-state index in [2.05, 4.69) is 5.32 Å². The third-order valence-electron chi connectivity index (χ3n) is 2.17. The fourth-order valence-corrected chi connectivity index (χ4v) is 1.44. The Labute approximate surface area is 82.5 Å². The molecule has 1 saturated heterocycles. The van der Waals surface area contributed by atoms with Gasteiger partial charge >= 0.3 is 5.91 Å². The van der Waals surface area contributed by atoms with E-state index in [-0.39, 0.29) is 12.0 Å². The van der Waals surface area contributed by atoms with Gasteiger partial charge in [-0.3, -0.25) is 0 Å². The maximum absolute atomic E-state index is 11.8. The van der Waals surface area contributed by atoms with Crippen LogP contribution >= 0.6 is 0 Å². The van der Waals surface area contributed by atoms with Crippen LogP contribution in [-0.4, -0.2) is 31.7 Å². The summed E-state index contributed by atoms with van der Waals surface area (Å²) in [6.07, 6.45) is 3.12. The molecule has 2 rings (SSSR count). The van der Waals surface area contributed by atoms with Crippen LogP contribution in [0.3, 0.4) is 0 Å². The van der Waals surface area contributed by atoms with E-state index < -0.39 is 0 Å². The molecular formula is C10H13N2O2+. The first kappa shape index (κ1) is 9.30. The Morgan fingerprint density at radius 3 is 2.79 bits per heavy atom. The van der Waals surface area contributed by atoms with Crippen LogP contribution in [0.2, 0.25) is 0 Å². The van der Waals surface area contributed by atoms with Crippen molar-refractivity contribution >= 4 is 5.91 Å². The number of pyridine rings is 1. The summed E-state index contributed by atoms with van der Waals surface area (Å²) >= 11 is 0. The highest BCUT2D eigenvalue weighted by Gasteiger charge is 2.29. The van der Waals surface area contributed by atoms with Crippen molar-refractivity contribution in [3.05, 3.63) is 30.6 Å². The predicted octanol–water partition coefficient (Wildman–Crippen LogP) is -0.397. The first-order valence-corrected chi connectivity index (χ1v) is 4.71. The first-order valence-electron chi connectivity index (χ1n) is 4.71. The maximum atomic E-state index is 11.8. The average Bonchev–Trinajstić information content (AvgIpc) is 2.30. The largest absolute Gasteiger partial charge is 0.422 e. The van der Waals surface area contributed by atoms with E-state index >= 15 is 0 Å². The van der Waals surface area contributed by atoms with Gasteiger partial charge in [-0.1, -0.05) is 6.07 Å². The fourth-order valence-electron chi connectivity index (χ4n) is 1.44. The minimum absolute atomic E-state index is 0.0159. The number of aromatic nitrogens is 1. The number of hydrogen-bond donors (Lipinski definition) is 1. The second-order valence-electron chi connectivity index (χ2n) is 3.18. The monoisotopic (exact) mass is 193 g/mol. The van der Waals surface area contributed by atoms with Crippen molar-refractivity contribution in [2.45, 2.75) is 6.10 Å². The van der Waals surface area contributed by atoms with Gasteiger partial charge < -0.3 is 10.1 Å². The molecule has 4 nitrogen and oxygen atoms in total. The van der Waals surface area contributed by atoms with Gasteiger partial charge in [-0.25, -0.2) is 4.79 Å². The molecule has 0 bridgehead atoms. The van der Waals surface area contributed by atoms with E-state index in [0.717, 1.165) is 6.54 Å². The molecule has 0 radical (unpaired) electrons. The number of nitrogens with one attached hydrogen (secondary N) is 1. The van der Waals surface area contributed by atoms with Crippen molar-refractivity contribution in [2.24, 2.45) is 0 Å². The molecule has 1 atom stereocenters. The van der Waals surface area contributed by atoms with Gasteiger partial charge in [0.05, 0.1) is 6.61 Å². The lowest BCUT2D eigenvalue weighted by atomic mass is 10.3. The van der Waals surface area contributed by atoms with Crippen LogP contribution in [0.4, 0.5) is 0 Å². The molecule has 0 unspecified atom stereocenters. The summed E-state index contributed by atoms with van der Waals surface area (Å²) in [7, 11) is 0. The van der Waals surface area contributed by atoms with Gasteiger partial charge in [-0.05, 0) is 0 Å². The molecule has 0 spiro atoms. The predicted molar refractivity (Wildman–Crippen MR) is 49.9 cm³/mol. The summed E-state index contributed by atoms with van der Waals surface area (Å²) in [5.74, 6) is -0.0159. The van der Waals surface area contributed by atoms with Crippen LogP contribution in [0.1, 0.15) is 4.79 Å². The van der Waals surface area contributed by atoms with Gasteiger partial charge in [-0.2, -0.15) is 0 Å². The second-order valence-corrected chi connectivity index (χ2v) is 3.18. The average molecular weight is 193 g/mol. The lowest BCUT2D eigenvalue weighted by molar-refractivity contribution is -0.578. The lowest BCUT2D eigenvalue weighted by Gasteiger charge is -2.18. The van der Waals surface area contributed by atoms with Crippen LogP contribution in [0.15, 0.2) is 30.6 Å². The Hall–Kier alpha value is -1.26. The maximum Gasteiger partial charge on any atom is 0.422 e. The summed E-state index contributed by atoms with van der Waals surface area (Å²) < 4.78 is 6.91. The van der Waals surface area contributed by atoms with Crippen LogP contribution in [-0.2, 0) is 4.74 Å². The van der Waals surface area contributed by atoms with Crippen LogP contribution in [0.25, 0.3) is 0 Å². The fraction of sp³-hybridized carbons (Fsp3) is 0.400. The number of carbonyl (C=O) groups is 1. The molecule has 1 aromatic rings. The molecule has 4 heteroatoms. The molecule has 1 aliphatic heterocycles. The lowest BCUT2D eigenvalue weighted by Crippen LogP contribution is -2.55. The third-order valence-corrected chi connectivity index (χ3v) is 2.17. The molecule has 1 N–H and O–H groups in total. The summed E-state index contributed by atoms with van der Waals surface area (Å²) in [4.78, 5) is 11.8. The quantitative estimate of drug-likeness (QED) is 0.617. The van der Waals surface area contributed by atoms with Crippen molar-refractivity contribution in [1.82, 2.24) is 5.32 Å². The molecular weight excluding hydrogens is 180 g/mol. The van der Waals surface area contributed by atoms with E-state index in [9.17, 15) is 4.79 Å². The SMILES string of the molecule is O=C([C@H]1CNCCO1)[n+]1ccccc1. The van der Waals surface area contributed by atoms with Crippen molar-refractivity contribution < 1.29 is 14.1 Å². The Morgan fingerprint density at radius 1 is 1.36 bits per heavy atom. The van der Waals surface area contributed by atoms with Gasteiger partial charge in [-0.15, -0.1) is 4.57 Å². The highest BCUT2D eigenvalue weighted by Crippen LogP contribution is 1.95. The van der Waals surface area contributed by atoms with Gasteiger partial charge in [0.2, 0.25) is 0 Å². The van der Waals surface area contributed by atoms with Crippen molar-refractivity contribution in [3.63, 3.8) is 0 Å². The van der Waals surface area contributed by atoms with E-state index in [1.807, 2.05) is 18.2 Å². The molecule has 0 amide bonds. The zero-order chi connectivity index (χ0) is 9.80.